The zero-order chi connectivity index (χ0) is 13.1. The first-order valence-corrected chi connectivity index (χ1v) is 5.88. The van der Waals surface area contributed by atoms with Gasteiger partial charge in [-0.2, -0.15) is 0 Å². The summed E-state index contributed by atoms with van der Waals surface area (Å²) in [4.78, 5) is 27.4. The van der Waals surface area contributed by atoms with Crippen molar-refractivity contribution in [3.8, 4) is 0 Å². The third-order valence-electron chi connectivity index (χ3n) is 2.80. The number of amides is 2. The molecule has 1 saturated heterocycles. The summed E-state index contributed by atoms with van der Waals surface area (Å²) in [6.45, 7) is 0.465. The van der Waals surface area contributed by atoms with Crippen molar-refractivity contribution in [1.82, 2.24) is 9.80 Å². The molecule has 1 aromatic rings. The highest BCUT2D eigenvalue weighted by Crippen LogP contribution is 2.19. The molecular weight excluding hydrogens is 228 g/mol. The first-order valence-electron chi connectivity index (χ1n) is 5.88. The van der Waals surface area contributed by atoms with Gasteiger partial charge in [0, 0.05) is 38.0 Å². The lowest BCUT2D eigenvalue weighted by Crippen LogP contribution is -2.32. The minimum Gasteiger partial charge on any atom is -0.383 e. The molecule has 0 bridgehead atoms. The van der Waals surface area contributed by atoms with Gasteiger partial charge in [0.05, 0.1) is 0 Å². The van der Waals surface area contributed by atoms with Crippen LogP contribution in [0.5, 0.6) is 0 Å². The van der Waals surface area contributed by atoms with E-state index in [1.165, 1.54) is 4.90 Å². The molecule has 94 valence electrons. The highest BCUT2D eigenvalue weighted by atomic mass is 16.2. The van der Waals surface area contributed by atoms with Crippen molar-refractivity contribution >= 4 is 11.8 Å². The molecule has 18 heavy (non-hydrogen) atoms. The average Bonchev–Trinajstić information content (AvgIpc) is 2.71. The van der Waals surface area contributed by atoms with Gasteiger partial charge in [0.1, 0.15) is 0 Å². The average molecular weight is 244 g/mol. The van der Waals surface area contributed by atoms with Crippen LogP contribution in [0.3, 0.4) is 0 Å². The van der Waals surface area contributed by atoms with Gasteiger partial charge in [-0.15, -0.1) is 0 Å². The van der Waals surface area contributed by atoms with Crippen molar-refractivity contribution in [2.45, 2.75) is 6.42 Å². The van der Waals surface area contributed by atoms with E-state index in [4.69, 9.17) is 0 Å². The van der Waals surface area contributed by atoms with Crippen molar-refractivity contribution in [3.63, 3.8) is 0 Å². The number of imide groups is 1. The Kier molecular flexibility index (Phi) is 3.46. The SMILES string of the molecule is CN(C)/C=C1\CCN(C(=O)c2ccccc2)C1=O. The Balaban J connectivity index is 2.18. The standard InChI is InChI=1S/C14H16N2O2/c1-15(2)10-12-8-9-16(14(12)18)13(17)11-6-4-3-5-7-11/h3-7,10H,8-9H2,1-2H3/b12-10+. The van der Waals surface area contributed by atoms with Crippen molar-refractivity contribution in [3.05, 3.63) is 47.7 Å². The topological polar surface area (TPSA) is 40.6 Å². The lowest BCUT2D eigenvalue weighted by Gasteiger charge is -2.13. The molecule has 2 rings (SSSR count). The van der Waals surface area contributed by atoms with E-state index >= 15 is 0 Å². The highest BCUT2D eigenvalue weighted by molar-refractivity contribution is 6.11. The van der Waals surface area contributed by atoms with Crippen LogP contribution in [0.1, 0.15) is 16.8 Å². The molecule has 1 aliphatic heterocycles. The third kappa shape index (κ3) is 2.42. The maximum atomic E-state index is 12.2. The van der Waals surface area contributed by atoms with Crippen LogP contribution in [0.4, 0.5) is 0 Å². The molecule has 0 saturated carbocycles. The molecule has 0 radical (unpaired) electrons. The maximum Gasteiger partial charge on any atom is 0.260 e. The molecule has 0 aliphatic carbocycles. The first-order chi connectivity index (χ1) is 8.59. The Labute approximate surface area is 106 Å². The molecule has 0 atom stereocenters. The molecule has 1 heterocycles. The predicted octanol–water partition coefficient (Wildman–Crippen LogP) is 1.50. The van der Waals surface area contributed by atoms with E-state index in [0.29, 0.717) is 24.1 Å². The molecule has 1 aromatic carbocycles. The minimum absolute atomic E-state index is 0.183. The first kappa shape index (κ1) is 12.4. The number of benzene rings is 1. The van der Waals surface area contributed by atoms with Crippen LogP contribution in [-0.2, 0) is 4.79 Å². The quantitative estimate of drug-likeness (QED) is 0.585. The Bertz CT molecular complexity index is 492. The minimum atomic E-state index is -0.220. The molecule has 2 amide bonds. The monoisotopic (exact) mass is 244 g/mol. The summed E-state index contributed by atoms with van der Waals surface area (Å²) in [6.07, 6.45) is 2.40. The molecule has 0 aromatic heterocycles. The van der Waals surface area contributed by atoms with Crippen LogP contribution in [0.2, 0.25) is 0 Å². The summed E-state index contributed by atoms with van der Waals surface area (Å²) in [5.41, 5.74) is 1.24. The number of hydrogen-bond acceptors (Lipinski definition) is 3. The molecule has 4 heteroatoms. The fourth-order valence-corrected chi connectivity index (χ4v) is 1.98. The second kappa shape index (κ2) is 5.04. The second-order valence-electron chi connectivity index (χ2n) is 4.50. The molecule has 0 N–H and O–H groups in total. The summed E-state index contributed by atoms with van der Waals surface area (Å²) in [6, 6.07) is 8.89. The van der Waals surface area contributed by atoms with E-state index in [1.54, 1.807) is 30.5 Å². The number of hydrogen-bond donors (Lipinski definition) is 0. The maximum absolute atomic E-state index is 12.2. The molecule has 0 spiro atoms. The number of rotatable bonds is 2. The van der Waals surface area contributed by atoms with Crippen LogP contribution in [0, 0.1) is 0 Å². The van der Waals surface area contributed by atoms with E-state index < -0.39 is 0 Å². The summed E-state index contributed by atoms with van der Waals surface area (Å²) in [7, 11) is 3.73. The van der Waals surface area contributed by atoms with Gasteiger partial charge < -0.3 is 4.90 Å². The highest BCUT2D eigenvalue weighted by Gasteiger charge is 2.31. The summed E-state index contributed by atoms with van der Waals surface area (Å²) in [5.74, 6) is -0.402. The number of carbonyl (C=O) groups excluding carboxylic acids is 2. The molecular formula is C14H16N2O2. The van der Waals surface area contributed by atoms with Crippen LogP contribution in [-0.4, -0.2) is 42.3 Å². The van der Waals surface area contributed by atoms with Crippen LogP contribution >= 0.6 is 0 Å². The normalized spacial score (nSPS) is 17.3. The Morgan fingerprint density at radius 3 is 2.56 bits per heavy atom. The van der Waals surface area contributed by atoms with E-state index in [2.05, 4.69) is 0 Å². The second-order valence-corrected chi connectivity index (χ2v) is 4.50. The third-order valence-corrected chi connectivity index (χ3v) is 2.80. The van der Waals surface area contributed by atoms with Crippen LogP contribution in [0.25, 0.3) is 0 Å². The van der Waals surface area contributed by atoms with Gasteiger partial charge in [0.2, 0.25) is 0 Å². The predicted molar refractivity (Wildman–Crippen MR) is 68.9 cm³/mol. The van der Waals surface area contributed by atoms with Gasteiger partial charge in [-0.25, -0.2) is 0 Å². The van der Waals surface area contributed by atoms with Gasteiger partial charge in [-0.1, -0.05) is 18.2 Å². The molecule has 1 aliphatic rings. The Hall–Kier alpha value is -2.10. The lowest BCUT2D eigenvalue weighted by molar-refractivity contribution is -0.122. The van der Waals surface area contributed by atoms with E-state index in [-0.39, 0.29) is 11.8 Å². The smallest absolute Gasteiger partial charge is 0.260 e. The van der Waals surface area contributed by atoms with Gasteiger partial charge >= 0.3 is 0 Å². The van der Waals surface area contributed by atoms with Gasteiger partial charge in [0.25, 0.3) is 11.8 Å². The van der Waals surface area contributed by atoms with Gasteiger partial charge in [-0.05, 0) is 18.6 Å². The number of carbonyl (C=O) groups is 2. The number of nitrogens with zero attached hydrogens (tertiary/aromatic N) is 2. The lowest BCUT2D eigenvalue weighted by atomic mass is 10.2. The van der Waals surface area contributed by atoms with Crippen LogP contribution in [0.15, 0.2) is 42.1 Å². The number of likely N-dealkylation sites (tertiary alicyclic amines) is 1. The zero-order valence-corrected chi connectivity index (χ0v) is 10.6. The van der Waals surface area contributed by atoms with E-state index in [1.807, 2.05) is 25.1 Å². The fraction of sp³-hybridized carbons (Fsp3) is 0.286. The fourth-order valence-electron chi connectivity index (χ4n) is 1.98. The summed E-state index contributed by atoms with van der Waals surface area (Å²) >= 11 is 0. The van der Waals surface area contributed by atoms with Crippen molar-refractivity contribution in [1.29, 1.82) is 0 Å². The van der Waals surface area contributed by atoms with Gasteiger partial charge in [-0.3, -0.25) is 14.5 Å². The van der Waals surface area contributed by atoms with Crippen molar-refractivity contribution < 1.29 is 9.59 Å². The summed E-state index contributed by atoms with van der Waals surface area (Å²) < 4.78 is 0. The van der Waals surface area contributed by atoms with Crippen molar-refractivity contribution in [2.75, 3.05) is 20.6 Å². The van der Waals surface area contributed by atoms with E-state index in [9.17, 15) is 9.59 Å². The largest absolute Gasteiger partial charge is 0.383 e. The Morgan fingerprint density at radius 1 is 1.28 bits per heavy atom. The van der Waals surface area contributed by atoms with Crippen LogP contribution < -0.4 is 0 Å². The van der Waals surface area contributed by atoms with Gasteiger partial charge in [0.15, 0.2) is 0 Å². The molecule has 4 nitrogen and oxygen atoms in total. The molecule has 1 fully saturated rings. The molecule has 0 unspecified atom stereocenters. The summed E-state index contributed by atoms with van der Waals surface area (Å²) in [5, 5.41) is 0. The Morgan fingerprint density at radius 2 is 1.94 bits per heavy atom. The van der Waals surface area contributed by atoms with Crippen molar-refractivity contribution in [2.24, 2.45) is 0 Å². The van der Waals surface area contributed by atoms with E-state index in [0.717, 1.165) is 0 Å². The zero-order valence-electron chi connectivity index (χ0n) is 10.6.